The summed E-state index contributed by atoms with van der Waals surface area (Å²) in [6.45, 7) is 8.04. The quantitative estimate of drug-likeness (QED) is 0.778. The van der Waals surface area contributed by atoms with Gasteiger partial charge in [-0.3, -0.25) is 0 Å². The Morgan fingerprint density at radius 3 is 2.56 bits per heavy atom. The molecule has 0 unspecified atom stereocenters. The normalized spacial score (nSPS) is 10.8. The molecule has 0 radical (unpaired) electrons. The number of ether oxygens (including phenoxy) is 1. The van der Waals surface area contributed by atoms with Crippen LogP contribution >= 0.6 is 0 Å². The number of aryl methyl sites for hydroxylation is 1. The van der Waals surface area contributed by atoms with Crippen LogP contribution in [-0.2, 0) is 4.74 Å². The van der Waals surface area contributed by atoms with Crippen molar-refractivity contribution < 1.29 is 4.74 Å². The lowest BCUT2D eigenvalue weighted by Gasteiger charge is -2.29. The third kappa shape index (κ3) is 3.14. The fourth-order valence-corrected chi connectivity index (χ4v) is 1.71. The van der Waals surface area contributed by atoms with E-state index in [-0.39, 0.29) is 0 Å². The van der Waals surface area contributed by atoms with Gasteiger partial charge in [0.2, 0.25) is 0 Å². The standard InChI is InChI=1S/C13H22N2O/c1-10(2)15(7-8-16-4)12-5-6-13(14)11(3)9-12/h5-6,9-10H,7-8,14H2,1-4H3. The molecule has 0 amide bonds. The number of hydrogen-bond donors (Lipinski definition) is 1. The van der Waals surface area contributed by atoms with Crippen LogP contribution in [-0.4, -0.2) is 26.3 Å². The smallest absolute Gasteiger partial charge is 0.0637 e. The molecule has 0 saturated heterocycles. The molecule has 0 spiro atoms. The largest absolute Gasteiger partial charge is 0.399 e. The molecule has 0 fully saturated rings. The molecule has 90 valence electrons. The Hall–Kier alpha value is -1.22. The van der Waals surface area contributed by atoms with Crippen LogP contribution in [0.25, 0.3) is 0 Å². The van der Waals surface area contributed by atoms with Gasteiger partial charge in [0.15, 0.2) is 0 Å². The summed E-state index contributed by atoms with van der Waals surface area (Å²) in [5.41, 5.74) is 9.00. The number of methoxy groups -OCH3 is 1. The minimum absolute atomic E-state index is 0.457. The van der Waals surface area contributed by atoms with Gasteiger partial charge >= 0.3 is 0 Å². The summed E-state index contributed by atoms with van der Waals surface area (Å²) < 4.78 is 5.13. The minimum atomic E-state index is 0.457. The minimum Gasteiger partial charge on any atom is -0.399 e. The van der Waals surface area contributed by atoms with Gasteiger partial charge in [0.05, 0.1) is 6.61 Å². The van der Waals surface area contributed by atoms with Crippen molar-refractivity contribution in [1.82, 2.24) is 0 Å². The Kier molecular flexibility index (Phi) is 4.62. The topological polar surface area (TPSA) is 38.5 Å². The number of rotatable bonds is 5. The predicted molar refractivity (Wildman–Crippen MR) is 69.9 cm³/mol. The van der Waals surface area contributed by atoms with Crippen molar-refractivity contribution in [2.75, 3.05) is 30.9 Å². The highest BCUT2D eigenvalue weighted by Gasteiger charge is 2.10. The molecule has 0 atom stereocenters. The van der Waals surface area contributed by atoms with Gasteiger partial charge in [-0.15, -0.1) is 0 Å². The monoisotopic (exact) mass is 222 g/mol. The van der Waals surface area contributed by atoms with Crippen LogP contribution in [0, 0.1) is 6.92 Å². The fourth-order valence-electron chi connectivity index (χ4n) is 1.71. The van der Waals surface area contributed by atoms with Gasteiger partial charge in [0.1, 0.15) is 0 Å². The molecule has 3 nitrogen and oxygen atoms in total. The number of hydrogen-bond acceptors (Lipinski definition) is 3. The summed E-state index contributed by atoms with van der Waals surface area (Å²) in [6, 6.07) is 6.62. The molecule has 1 aromatic carbocycles. The van der Waals surface area contributed by atoms with Crippen molar-refractivity contribution >= 4 is 11.4 Å². The van der Waals surface area contributed by atoms with Gasteiger partial charge in [-0.1, -0.05) is 0 Å². The first-order valence-electron chi connectivity index (χ1n) is 5.68. The van der Waals surface area contributed by atoms with E-state index in [9.17, 15) is 0 Å². The molecule has 2 N–H and O–H groups in total. The zero-order valence-corrected chi connectivity index (χ0v) is 10.7. The van der Waals surface area contributed by atoms with E-state index in [0.29, 0.717) is 6.04 Å². The molecular weight excluding hydrogens is 200 g/mol. The van der Waals surface area contributed by atoms with Gasteiger partial charge in [0, 0.05) is 31.1 Å². The molecule has 0 aliphatic heterocycles. The van der Waals surface area contributed by atoms with Gasteiger partial charge in [0.25, 0.3) is 0 Å². The lowest BCUT2D eigenvalue weighted by atomic mass is 10.1. The molecule has 0 aromatic heterocycles. The molecule has 0 saturated carbocycles. The molecule has 3 heteroatoms. The maximum atomic E-state index is 5.82. The molecule has 0 bridgehead atoms. The first-order valence-corrected chi connectivity index (χ1v) is 5.68. The summed E-state index contributed by atoms with van der Waals surface area (Å²) in [7, 11) is 1.73. The summed E-state index contributed by atoms with van der Waals surface area (Å²) in [5, 5.41) is 0. The number of nitrogen functional groups attached to an aromatic ring is 1. The molecule has 1 aromatic rings. The molecule has 1 rings (SSSR count). The van der Waals surface area contributed by atoms with Gasteiger partial charge in [-0.25, -0.2) is 0 Å². The first kappa shape index (κ1) is 12.8. The van der Waals surface area contributed by atoms with E-state index in [1.54, 1.807) is 7.11 Å². The predicted octanol–water partition coefficient (Wildman–Crippen LogP) is 2.44. The van der Waals surface area contributed by atoms with Crippen LogP contribution in [0.15, 0.2) is 18.2 Å². The summed E-state index contributed by atoms with van der Waals surface area (Å²) in [4.78, 5) is 2.32. The Morgan fingerprint density at radius 1 is 1.38 bits per heavy atom. The SMILES string of the molecule is COCCN(c1ccc(N)c(C)c1)C(C)C. The van der Waals surface area contributed by atoms with Crippen LogP contribution in [0.5, 0.6) is 0 Å². The summed E-state index contributed by atoms with van der Waals surface area (Å²) in [6.07, 6.45) is 0. The second-order valence-electron chi connectivity index (χ2n) is 4.32. The van der Waals surface area contributed by atoms with Crippen LogP contribution < -0.4 is 10.6 Å². The van der Waals surface area contributed by atoms with E-state index in [2.05, 4.69) is 30.9 Å². The van der Waals surface area contributed by atoms with Gasteiger partial charge in [-0.2, -0.15) is 0 Å². The van der Waals surface area contributed by atoms with Crippen molar-refractivity contribution in [3.63, 3.8) is 0 Å². The van der Waals surface area contributed by atoms with Crippen molar-refractivity contribution in [3.05, 3.63) is 23.8 Å². The van der Waals surface area contributed by atoms with Crippen molar-refractivity contribution in [3.8, 4) is 0 Å². The van der Waals surface area contributed by atoms with Crippen LogP contribution in [0.4, 0.5) is 11.4 Å². The fraction of sp³-hybridized carbons (Fsp3) is 0.538. The average molecular weight is 222 g/mol. The lowest BCUT2D eigenvalue weighted by Crippen LogP contribution is -2.33. The second-order valence-corrected chi connectivity index (χ2v) is 4.32. The second kappa shape index (κ2) is 5.75. The van der Waals surface area contributed by atoms with Gasteiger partial charge in [-0.05, 0) is 44.5 Å². The highest BCUT2D eigenvalue weighted by Crippen LogP contribution is 2.22. The van der Waals surface area contributed by atoms with E-state index in [4.69, 9.17) is 10.5 Å². The maximum Gasteiger partial charge on any atom is 0.0637 e. The van der Waals surface area contributed by atoms with Crippen molar-refractivity contribution in [2.24, 2.45) is 0 Å². The van der Waals surface area contributed by atoms with Crippen molar-refractivity contribution in [1.29, 1.82) is 0 Å². The average Bonchev–Trinajstić information content (AvgIpc) is 2.23. The highest BCUT2D eigenvalue weighted by molar-refractivity contribution is 5.58. The van der Waals surface area contributed by atoms with Crippen LogP contribution in [0.2, 0.25) is 0 Å². The third-order valence-corrected chi connectivity index (χ3v) is 2.74. The Bertz CT molecular complexity index is 337. The Labute approximate surface area is 98.2 Å². The molecular formula is C13H22N2O. The zero-order chi connectivity index (χ0) is 12.1. The van der Waals surface area contributed by atoms with E-state index in [1.165, 1.54) is 5.69 Å². The van der Waals surface area contributed by atoms with Gasteiger partial charge < -0.3 is 15.4 Å². The number of benzene rings is 1. The summed E-state index contributed by atoms with van der Waals surface area (Å²) in [5.74, 6) is 0. The van der Waals surface area contributed by atoms with Crippen molar-refractivity contribution in [2.45, 2.75) is 26.8 Å². The number of nitrogens with zero attached hydrogens (tertiary/aromatic N) is 1. The number of anilines is 2. The zero-order valence-electron chi connectivity index (χ0n) is 10.7. The Balaban J connectivity index is 2.88. The highest BCUT2D eigenvalue weighted by atomic mass is 16.5. The number of nitrogens with two attached hydrogens (primary N) is 1. The van der Waals surface area contributed by atoms with E-state index >= 15 is 0 Å². The molecule has 0 aliphatic rings. The van der Waals surface area contributed by atoms with E-state index in [1.807, 2.05) is 13.0 Å². The van der Waals surface area contributed by atoms with Crippen LogP contribution in [0.3, 0.4) is 0 Å². The van der Waals surface area contributed by atoms with E-state index < -0.39 is 0 Å². The Morgan fingerprint density at radius 2 is 2.06 bits per heavy atom. The van der Waals surface area contributed by atoms with E-state index in [0.717, 1.165) is 24.4 Å². The van der Waals surface area contributed by atoms with Crippen LogP contribution in [0.1, 0.15) is 19.4 Å². The first-order chi connectivity index (χ1) is 7.56. The molecule has 0 aliphatic carbocycles. The summed E-state index contributed by atoms with van der Waals surface area (Å²) >= 11 is 0. The molecule has 0 heterocycles. The lowest BCUT2D eigenvalue weighted by molar-refractivity contribution is 0.204. The molecule has 16 heavy (non-hydrogen) atoms. The third-order valence-electron chi connectivity index (χ3n) is 2.74. The maximum absolute atomic E-state index is 5.82.